The van der Waals surface area contributed by atoms with Crippen LogP contribution in [0, 0.1) is 17.8 Å². The number of carbonyl (C=O) groups is 2. The summed E-state index contributed by atoms with van der Waals surface area (Å²) < 4.78 is 30.4. The molecule has 3 fully saturated rings. The van der Waals surface area contributed by atoms with Crippen molar-refractivity contribution in [2.24, 2.45) is 17.8 Å². The van der Waals surface area contributed by atoms with Gasteiger partial charge < -0.3 is 44.1 Å². The lowest BCUT2D eigenvalue weighted by molar-refractivity contribution is -0.277. The number of methoxy groups -OCH3 is 1. The molecule has 0 spiro atoms. The molecule has 11 nitrogen and oxygen atoms in total. The highest BCUT2D eigenvalue weighted by atomic mass is 16.7. The van der Waals surface area contributed by atoms with E-state index in [2.05, 4.69) is 6.58 Å². The molecule has 1 heterocycles. The molecule has 0 unspecified atom stereocenters. The van der Waals surface area contributed by atoms with Gasteiger partial charge in [0, 0.05) is 31.8 Å². The van der Waals surface area contributed by atoms with Crippen molar-refractivity contribution in [3.8, 4) is 0 Å². The Bertz CT molecular complexity index is 1290. The molecule has 3 aliphatic carbocycles. The molecule has 1 aliphatic heterocycles. The molecular weight excluding hydrogens is 548 g/mol. The van der Waals surface area contributed by atoms with E-state index in [1.165, 1.54) is 21.0 Å². The number of benzene rings is 1. The summed E-state index contributed by atoms with van der Waals surface area (Å²) in [7, 11) is 1.38. The Labute approximate surface area is 244 Å². The normalized spacial score (nSPS) is 46.0. The second kappa shape index (κ2) is 10.2. The van der Waals surface area contributed by atoms with Gasteiger partial charge in [0.1, 0.15) is 36.3 Å². The van der Waals surface area contributed by atoms with Gasteiger partial charge in [-0.2, -0.15) is 0 Å². The summed E-state index contributed by atoms with van der Waals surface area (Å²) in [5.41, 5.74) is -6.77. The summed E-state index contributed by atoms with van der Waals surface area (Å²) in [6.45, 7) is 11.3. The fourth-order valence-electron chi connectivity index (χ4n) is 8.24. The third-order valence-electron chi connectivity index (χ3n) is 10.1. The number of aliphatic hydroxyl groups excluding tert-OH is 2. The molecule has 0 bridgehead atoms. The third-order valence-corrected chi connectivity index (χ3v) is 10.1. The molecule has 12 atom stereocenters. The first kappa shape index (κ1) is 30.8. The van der Waals surface area contributed by atoms with E-state index in [4.69, 9.17) is 23.7 Å². The van der Waals surface area contributed by atoms with Crippen LogP contribution in [0.2, 0.25) is 0 Å². The summed E-state index contributed by atoms with van der Waals surface area (Å²) in [6, 6.07) is 8.38. The molecule has 1 aromatic rings. The highest BCUT2D eigenvalue weighted by Gasteiger charge is 2.80. The molecule has 0 amide bonds. The van der Waals surface area contributed by atoms with Crippen molar-refractivity contribution in [2.75, 3.05) is 13.9 Å². The predicted molar refractivity (Wildman–Crippen MR) is 147 cm³/mol. The smallest absolute Gasteiger partial charge is 0.338 e. The minimum atomic E-state index is -2.37. The lowest BCUT2D eigenvalue weighted by atomic mass is 9.52. The number of hydrogen-bond donors (Lipinski definition) is 4. The predicted octanol–water partition coefficient (Wildman–Crippen LogP) is 1.28. The average molecular weight is 589 g/mol. The van der Waals surface area contributed by atoms with Crippen LogP contribution in [-0.4, -0.2) is 99.2 Å². The maximum Gasteiger partial charge on any atom is 0.338 e. The third kappa shape index (κ3) is 3.84. The quantitative estimate of drug-likeness (QED) is 0.290. The number of hydrogen-bond acceptors (Lipinski definition) is 11. The molecule has 0 aromatic heterocycles. The number of carbonyl (C=O) groups excluding carboxylic acids is 2. The number of ether oxygens (including phenoxy) is 5. The first-order chi connectivity index (χ1) is 19.6. The molecule has 4 aliphatic rings. The largest absolute Gasteiger partial charge is 0.455 e. The van der Waals surface area contributed by atoms with Crippen LogP contribution in [0.3, 0.4) is 0 Å². The van der Waals surface area contributed by atoms with Crippen molar-refractivity contribution in [1.82, 2.24) is 0 Å². The lowest BCUT2D eigenvalue weighted by Crippen LogP contribution is -2.76. The van der Waals surface area contributed by atoms with Crippen LogP contribution in [-0.2, 0) is 28.5 Å². The number of aliphatic hydroxyl groups is 4. The Balaban J connectivity index is 1.77. The van der Waals surface area contributed by atoms with E-state index in [-0.39, 0.29) is 12.4 Å². The second-order valence-corrected chi connectivity index (χ2v) is 12.3. The molecule has 5 rings (SSSR count). The van der Waals surface area contributed by atoms with Crippen LogP contribution < -0.4 is 0 Å². The van der Waals surface area contributed by atoms with Gasteiger partial charge in [0.25, 0.3) is 0 Å². The van der Waals surface area contributed by atoms with Crippen molar-refractivity contribution in [1.29, 1.82) is 0 Å². The van der Waals surface area contributed by atoms with E-state index in [9.17, 15) is 30.0 Å². The van der Waals surface area contributed by atoms with E-state index in [0.29, 0.717) is 11.1 Å². The summed E-state index contributed by atoms with van der Waals surface area (Å²) in [4.78, 5) is 25.7. The maximum absolute atomic E-state index is 13.5. The summed E-state index contributed by atoms with van der Waals surface area (Å²) in [5, 5.41) is 48.0. The fourth-order valence-corrected chi connectivity index (χ4v) is 8.24. The van der Waals surface area contributed by atoms with Crippen LogP contribution in [0.4, 0.5) is 0 Å². The van der Waals surface area contributed by atoms with E-state index in [0.717, 1.165) is 0 Å². The minimum absolute atomic E-state index is 0.253. The van der Waals surface area contributed by atoms with E-state index in [1.807, 2.05) is 0 Å². The van der Waals surface area contributed by atoms with Gasteiger partial charge >= 0.3 is 11.9 Å². The van der Waals surface area contributed by atoms with Crippen LogP contribution in [0.15, 0.2) is 54.1 Å². The Hall–Kier alpha value is -2.64. The fraction of sp³-hybridized carbons (Fsp3) is 0.613. The van der Waals surface area contributed by atoms with Gasteiger partial charge in [0.2, 0.25) is 0 Å². The van der Waals surface area contributed by atoms with Crippen molar-refractivity contribution in [3.05, 3.63) is 59.7 Å². The van der Waals surface area contributed by atoms with E-state index >= 15 is 0 Å². The Morgan fingerprint density at radius 3 is 2.31 bits per heavy atom. The Kier molecular flexibility index (Phi) is 7.50. The number of rotatable bonds is 5. The Morgan fingerprint density at radius 2 is 1.74 bits per heavy atom. The zero-order valence-corrected chi connectivity index (χ0v) is 24.6. The summed E-state index contributed by atoms with van der Waals surface area (Å²) in [5.74, 6) is -4.63. The van der Waals surface area contributed by atoms with Gasteiger partial charge in [-0.25, -0.2) is 4.79 Å². The maximum atomic E-state index is 13.5. The highest BCUT2D eigenvalue weighted by Crippen LogP contribution is 2.64. The number of fused-ring (bicyclic) bond motifs is 5. The van der Waals surface area contributed by atoms with Gasteiger partial charge in [-0.1, -0.05) is 37.8 Å². The molecule has 2 saturated carbocycles. The lowest BCUT2D eigenvalue weighted by Gasteiger charge is -2.61. The molecule has 42 heavy (non-hydrogen) atoms. The molecule has 11 heteroatoms. The Morgan fingerprint density at radius 1 is 1.10 bits per heavy atom. The van der Waals surface area contributed by atoms with Crippen molar-refractivity contribution in [3.63, 3.8) is 0 Å². The minimum Gasteiger partial charge on any atom is -0.455 e. The van der Waals surface area contributed by atoms with E-state index < -0.39 is 82.6 Å². The molecule has 230 valence electrons. The van der Waals surface area contributed by atoms with Crippen molar-refractivity contribution in [2.45, 2.75) is 87.5 Å². The first-order valence-electron chi connectivity index (χ1n) is 14.0. The van der Waals surface area contributed by atoms with Crippen LogP contribution in [0.5, 0.6) is 0 Å². The van der Waals surface area contributed by atoms with Crippen LogP contribution in [0.1, 0.15) is 45.0 Å². The van der Waals surface area contributed by atoms with Gasteiger partial charge in [-0.15, -0.1) is 0 Å². The molecule has 4 N–H and O–H groups in total. The number of esters is 2. The van der Waals surface area contributed by atoms with Crippen LogP contribution in [0.25, 0.3) is 0 Å². The van der Waals surface area contributed by atoms with Crippen LogP contribution >= 0.6 is 0 Å². The molecular formula is C31H40O11. The summed E-state index contributed by atoms with van der Waals surface area (Å²) >= 11 is 0. The van der Waals surface area contributed by atoms with E-state index in [1.54, 1.807) is 57.2 Å². The zero-order valence-electron chi connectivity index (χ0n) is 24.6. The van der Waals surface area contributed by atoms with Gasteiger partial charge in [0.05, 0.1) is 17.3 Å². The van der Waals surface area contributed by atoms with Gasteiger partial charge in [0.15, 0.2) is 11.7 Å². The molecule has 1 saturated heterocycles. The van der Waals surface area contributed by atoms with Crippen molar-refractivity contribution >= 4 is 11.9 Å². The van der Waals surface area contributed by atoms with Gasteiger partial charge in [-0.05, 0) is 44.1 Å². The first-order valence-corrected chi connectivity index (χ1v) is 14.0. The SMILES string of the molecule is C=C(C)[C@@]12OCO[C@@H]1[C@@H]1[C@H](O)[C@@](C)(O)[C@@H](O)[C@@]3(O)[C@@H](C=C(C)[C@@H]3OC(C)=O)[C@@]1(OC)[C@H](C)[C@@H]2OC(=O)c1ccccc1. The molecule has 1 aromatic carbocycles. The summed E-state index contributed by atoms with van der Waals surface area (Å²) in [6.07, 6.45) is -5.81. The average Bonchev–Trinajstić information content (AvgIpc) is 3.49. The zero-order chi connectivity index (χ0) is 31.0. The van der Waals surface area contributed by atoms with Crippen molar-refractivity contribution < 1.29 is 53.7 Å². The highest BCUT2D eigenvalue weighted by molar-refractivity contribution is 5.89. The topological polar surface area (TPSA) is 161 Å². The second-order valence-electron chi connectivity index (χ2n) is 12.3. The standard InChI is InChI=1S/C31H40O11/c1-15(2)30-24(42-26(34)19-11-9-8-10-12-19)17(4)31(38-7)20-13-16(3)23(41-18(5)32)29(20,37)27(35)28(6,36)22(33)21(31)25(30)39-14-40-30/h8-13,17,20-25,27,33,35-37H,1,14H2,2-7H3/t17-,20-,21+,22+,23+,24+,25-,27-,28-,29-,30+,31+/m1/s1. The monoisotopic (exact) mass is 588 g/mol. The van der Waals surface area contributed by atoms with Gasteiger partial charge in [-0.3, -0.25) is 4.79 Å². The molecule has 0 radical (unpaired) electrons.